The van der Waals surface area contributed by atoms with Crippen LogP contribution in [-0.2, 0) is 13.0 Å². The number of hydrogen-bond acceptors (Lipinski definition) is 3. The molecular formula is C22H19Cl2FN2O3. The number of benzene rings is 2. The van der Waals surface area contributed by atoms with Crippen molar-refractivity contribution in [3.05, 3.63) is 97.6 Å². The zero-order chi connectivity index (χ0) is 21.7. The summed E-state index contributed by atoms with van der Waals surface area (Å²) < 4.78 is 14.9. The summed E-state index contributed by atoms with van der Waals surface area (Å²) in [6.07, 6.45) is 2.67. The minimum absolute atomic E-state index is 0.0510. The van der Waals surface area contributed by atoms with E-state index in [0.29, 0.717) is 35.0 Å². The van der Waals surface area contributed by atoms with Gasteiger partial charge in [0.2, 0.25) is 0 Å². The van der Waals surface area contributed by atoms with E-state index in [1.54, 1.807) is 30.3 Å². The summed E-state index contributed by atoms with van der Waals surface area (Å²) in [7, 11) is 0. The third-order valence-corrected chi connectivity index (χ3v) is 5.33. The lowest BCUT2D eigenvalue weighted by Gasteiger charge is -2.11. The fraction of sp³-hybridized carbons (Fsp3) is 0.182. The van der Waals surface area contributed by atoms with Crippen LogP contribution in [0.1, 0.15) is 27.9 Å². The molecule has 1 amide bonds. The van der Waals surface area contributed by atoms with E-state index in [4.69, 9.17) is 23.2 Å². The Morgan fingerprint density at radius 3 is 2.60 bits per heavy atom. The number of aryl methyl sites for hydroxylation is 1. The molecule has 5 nitrogen and oxygen atoms in total. The maximum absolute atomic E-state index is 13.8. The molecule has 0 unspecified atom stereocenters. The average molecular weight is 449 g/mol. The number of aromatic hydroxyl groups is 1. The molecule has 0 aliphatic rings. The van der Waals surface area contributed by atoms with Crippen LogP contribution in [0, 0.1) is 5.82 Å². The second kappa shape index (κ2) is 9.78. The van der Waals surface area contributed by atoms with E-state index in [9.17, 15) is 19.1 Å². The number of pyridine rings is 1. The van der Waals surface area contributed by atoms with E-state index in [1.165, 1.54) is 18.3 Å². The van der Waals surface area contributed by atoms with Gasteiger partial charge in [-0.25, -0.2) is 4.39 Å². The number of amides is 1. The van der Waals surface area contributed by atoms with Gasteiger partial charge in [-0.15, -0.1) is 0 Å². The Labute approximate surface area is 182 Å². The van der Waals surface area contributed by atoms with E-state index in [-0.39, 0.29) is 12.1 Å². The molecule has 8 heteroatoms. The minimum Gasteiger partial charge on any atom is -0.502 e. The summed E-state index contributed by atoms with van der Waals surface area (Å²) in [5.74, 6) is -1.68. The number of nitrogens with one attached hydrogen (secondary N) is 1. The molecule has 156 valence electrons. The van der Waals surface area contributed by atoms with Gasteiger partial charge in [0.1, 0.15) is 5.82 Å². The van der Waals surface area contributed by atoms with Crippen LogP contribution in [0.3, 0.4) is 0 Å². The molecule has 3 aromatic rings. The SMILES string of the molecule is O=C(NCCCc1ccc(Cl)c(Cl)c1)c1ccn(Cc2ccccc2F)c(=O)c1O. The van der Waals surface area contributed by atoms with Gasteiger partial charge in [0.05, 0.1) is 22.2 Å². The molecule has 30 heavy (non-hydrogen) atoms. The van der Waals surface area contributed by atoms with Crippen molar-refractivity contribution in [2.24, 2.45) is 0 Å². The number of carbonyl (C=O) groups is 1. The topological polar surface area (TPSA) is 71.3 Å². The standard InChI is InChI=1S/C22H19Cl2FN2O3/c23-17-8-7-14(12-18(17)24)4-3-10-26-21(29)16-9-11-27(22(30)20(16)28)13-15-5-1-2-6-19(15)25/h1-2,5-9,11-12,28H,3-4,10,13H2,(H,26,29). The fourth-order valence-corrected chi connectivity index (χ4v) is 3.29. The molecule has 0 atom stereocenters. The lowest BCUT2D eigenvalue weighted by molar-refractivity contribution is 0.0950. The number of aromatic nitrogens is 1. The van der Waals surface area contributed by atoms with Gasteiger partial charge in [-0.05, 0) is 42.7 Å². The summed E-state index contributed by atoms with van der Waals surface area (Å²) in [6, 6.07) is 12.7. The van der Waals surface area contributed by atoms with Gasteiger partial charge in [-0.3, -0.25) is 9.59 Å². The first kappa shape index (κ1) is 21.9. The predicted octanol–water partition coefficient (Wildman–Crippen LogP) is 4.41. The van der Waals surface area contributed by atoms with Gasteiger partial charge in [-0.1, -0.05) is 47.5 Å². The highest BCUT2D eigenvalue weighted by Gasteiger charge is 2.16. The van der Waals surface area contributed by atoms with Gasteiger partial charge in [0.15, 0.2) is 5.75 Å². The summed E-state index contributed by atoms with van der Waals surface area (Å²) in [5, 5.41) is 13.8. The van der Waals surface area contributed by atoms with Crippen LogP contribution in [0.2, 0.25) is 10.0 Å². The molecule has 0 aliphatic heterocycles. The maximum atomic E-state index is 13.8. The molecular weight excluding hydrogens is 430 g/mol. The number of halogens is 3. The first-order valence-electron chi connectivity index (χ1n) is 9.24. The molecule has 0 saturated carbocycles. The minimum atomic E-state index is -0.762. The summed E-state index contributed by atoms with van der Waals surface area (Å²) in [5.41, 5.74) is 0.400. The molecule has 0 bridgehead atoms. The quantitative estimate of drug-likeness (QED) is 0.525. The van der Waals surface area contributed by atoms with E-state index < -0.39 is 23.0 Å². The van der Waals surface area contributed by atoms with Crippen molar-refractivity contribution in [3.63, 3.8) is 0 Å². The summed E-state index contributed by atoms with van der Waals surface area (Å²) in [6.45, 7) is 0.293. The zero-order valence-electron chi connectivity index (χ0n) is 15.9. The Bertz CT molecular complexity index is 1130. The molecule has 1 heterocycles. The average Bonchev–Trinajstić information content (AvgIpc) is 2.73. The highest BCUT2D eigenvalue weighted by molar-refractivity contribution is 6.42. The molecule has 0 radical (unpaired) electrons. The van der Waals surface area contributed by atoms with Crippen LogP contribution in [0.4, 0.5) is 4.39 Å². The van der Waals surface area contributed by atoms with E-state index in [0.717, 1.165) is 10.1 Å². The molecule has 3 rings (SSSR count). The van der Waals surface area contributed by atoms with E-state index in [1.807, 2.05) is 6.07 Å². The van der Waals surface area contributed by atoms with Crippen LogP contribution < -0.4 is 10.9 Å². The van der Waals surface area contributed by atoms with E-state index >= 15 is 0 Å². The van der Waals surface area contributed by atoms with Gasteiger partial charge in [-0.2, -0.15) is 0 Å². The molecule has 2 N–H and O–H groups in total. The van der Waals surface area contributed by atoms with E-state index in [2.05, 4.69) is 5.32 Å². The molecule has 0 saturated heterocycles. The number of hydrogen-bond donors (Lipinski definition) is 2. The Hall–Kier alpha value is -2.83. The molecule has 2 aromatic carbocycles. The molecule has 0 spiro atoms. The molecule has 0 aliphatic carbocycles. The Balaban J connectivity index is 1.60. The lowest BCUT2D eigenvalue weighted by atomic mass is 10.1. The maximum Gasteiger partial charge on any atom is 0.293 e. The third-order valence-electron chi connectivity index (χ3n) is 4.59. The second-order valence-corrected chi connectivity index (χ2v) is 7.52. The highest BCUT2D eigenvalue weighted by atomic mass is 35.5. The first-order valence-corrected chi connectivity index (χ1v) is 10.0. The van der Waals surface area contributed by atoms with Crippen LogP contribution >= 0.6 is 23.2 Å². The Kier molecular flexibility index (Phi) is 7.13. The van der Waals surface area contributed by atoms with Crippen molar-refractivity contribution in [2.45, 2.75) is 19.4 Å². The first-order chi connectivity index (χ1) is 14.4. The zero-order valence-corrected chi connectivity index (χ0v) is 17.4. The fourth-order valence-electron chi connectivity index (χ4n) is 2.97. The van der Waals surface area contributed by atoms with Crippen molar-refractivity contribution in [3.8, 4) is 5.75 Å². The Morgan fingerprint density at radius 1 is 1.10 bits per heavy atom. The molecule has 1 aromatic heterocycles. The summed E-state index contributed by atoms with van der Waals surface area (Å²) >= 11 is 11.9. The van der Waals surface area contributed by atoms with Gasteiger partial charge in [0.25, 0.3) is 11.5 Å². The van der Waals surface area contributed by atoms with Crippen molar-refractivity contribution < 1.29 is 14.3 Å². The van der Waals surface area contributed by atoms with Gasteiger partial charge >= 0.3 is 0 Å². The van der Waals surface area contributed by atoms with Crippen LogP contribution in [-0.4, -0.2) is 22.1 Å². The smallest absolute Gasteiger partial charge is 0.293 e. The lowest BCUT2D eigenvalue weighted by Crippen LogP contribution is -2.28. The Morgan fingerprint density at radius 2 is 1.87 bits per heavy atom. The summed E-state index contributed by atoms with van der Waals surface area (Å²) in [4.78, 5) is 24.7. The van der Waals surface area contributed by atoms with Crippen molar-refractivity contribution >= 4 is 29.1 Å². The number of carbonyl (C=O) groups excluding carboxylic acids is 1. The van der Waals surface area contributed by atoms with Crippen LogP contribution in [0.15, 0.2) is 59.5 Å². The predicted molar refractivity (Wildman–Crippen MR) is 115 cm³/mol. The molecule has 0 fully saturated rings. The van der Waals surface area contributed by atoms with Crippen molar-refractivity contribution in [2.75, 3.05) is 6.54 Å². The monoisotopic (exact) mass is 448 g/mol. The van der Waals surface area contributed by atoms with Crippen molar-refractivity contribution in [1.82, 2.24) is 9.88 Å². The van der Waals surface area contributed by atoms with Gasteiger partial charge in [0, 0.05) is 18.3 Å². The van der Waals surface area contributed by atoms with Gasteiger partial charge < -0.3 is 15.0 Å². The van der Waals surface area contributed by atoms with Crippen molar-refractivity contribution in [1.29, 1.82) is 0 Å². The normalized spacial score (nSPS) is 10.8. The largest absolute Gasteiger partial charge is 0.502 e. The van der Waals surface area contributed by atoms with Crippen LogP contribution in [0.25, 0.3) is 0 Å². The second-order valence-electron chi connectivity index (χ2n) is 6.71. The van der Waals surface area contributed by atoms with Crippen LogP contribution in [0.5, 0.6) is 5.75 Å². The highest BCUT2D eigenvalue weighted by Crippen LogP contribution is 2.23. The number of nitrogens with zero attached hydrogens (tertiary/aromatic N) is 1. The third kappa shape index (κ3) is 5.20. The number of rotatable bonds is 7.